The highest BCUT2D eigenvalue weighted by molar-refractivity contribution is 6.02. The fraction of sp³-hybridized carbons (Fsp3) is 0.588. The highest BCUT2D eigenvalue weighted by Gasteiger charge is 2.34. The zero-order chi connectivity index (χ0) is 16.8. The van der Waals surface area contributed by atoms with Gasteiger partial charge in [-0.3, -0.25) is 14.4 Å². The average Bonchev–Trinajstić information content (AvgIpc) is 2.45. The third kappa shape index (κ3) is 2.95. The van der Waals surface area contributed by atoms with Crippen LogP contribution in [0.25, 0.3) is 0 Å². The Kier molecular flexibility index (Phi) is 3.88. The molecular weight excluding hydrogens is 294 g/mol. The number of hydrogen-bond acceptors (Lipinski definition) is 4. The van der Waals surface area contributed by atoms with Crippen LogP contribution in [0, 0.1) is 5.41 Å². The van der Waals surface area contributed by atoms with Gasteiger partial charge in [0.15, 0.2) is 5.78 Å². The van der Waals surface area contributed by atoms with Crippen LogP contribution in [0.3, 0.4) is 0 Å². The first kappa shape index (κ1) is 15.9. The Morgan fingerprint density at radius 2 is 2.04 bits per heavy atom. The number of pyridine rings is 1. The van der Waals surface area contributed by atoms with E-state index in [4.69, 9.17) is 0 Å². The SMILES string of the molecule is CC1CNCCN1C(=O)c1cc2c([nH]c1=O)CC(C)(C)CC2=O. The van der Waals surface area contributed by atoms with Crippen LogP contribution >= 0.6 is 0 Å². The van der Waals surface area contributed by atoms with Gasteiger partial charge in [-0.15, -0.1) is 0 Å². The fourth-order valence-corrected chi connectivity index (χ4v) is 3.48. The molecule has 0 spiro atoms. The number of H-pyrrole nitrogens is 1. The molecular formula is C17H23N3O3. The van der Waals surface area contributed by atoms with Crippen molar-refractivity contribution in [2.24, 2.45) is 5.41 Å². The summed E-state index contributed by atoms with van der Waals surface area (Å²) in [7, 11) is 0. The molecule has 124 valence electrons. The van der Waals surface area contributed by atoms with Crippen LogP contribution in [0.4, 0.5) is 0 Å². The number of ketones is 1. The van der Waals surface area contributed by atoms with E-state index in [1.165, 1.54) is 6.07 Å². The third-order valence-electron chi connectivity index (χ3n) is 4.71. The maximum Gasteiger partial charge on any atom is 0.261 e. The van der Waals surface area contributed by atoms with Gasteiger partial charge in [0.1, 0.15) is 5.56 Å². The highest BCUT2D eigenvalue weighted by Crippen LogP contribution is 2.33. The molecule has 1 atom stereocenters. The number of carbonyl (C=O) groups is 2. The topological polar surface area (TPSA) is 82.3 Å². The second-order valence-corrected chi connectivity index (χ2v) is 7.40. The highest BCUT2D eigenvalue weighted by atomic mass is 16.2. The summed E-state index contributed by atoms with van der Waals surface area (Å²) >= 11 is 0. The lowest BCUT2D eigenvalue weighted by Crippen LogP contribution is -2.53. The number of nitrogens with zero attached hydrogens (tertiary/aromatic N) is 1. The Balaban J connectivity index is 1.99. The summed E-state index contributed by atoms with van der Waals surface area (Å²) in [4.78, 5) is 41.9. The normalized spacial score (nSPS) is 23.5. The third-order valence-corrected chi connectivity index (χ3v) is 4.71. The molecule has 3 rings (SSSR count). The van der Waals surface area contributed by atoms with Crippen molar-refractivity contribution >= 4 is 11.7 Å². The molecule has 23 heavy (non-hydrogen) atoms. The van der Waals surface area contributed by atoms with Crippen LogP contribution in [-0.2, 0) is 6.42 Å². The van der Waals surface area contributed by atoms with Gasteiger partial charge in [0.05, 0.1) is 0 Å². The van der Waals surface area contributed by atoms with Gasteiger partial charge in [0, 0.05) is 43.4 Å². The largest absolute Gasteiger partial charge is 0.333 e. The molecule has 1 saturated heterocycles. The molecule has 6 nitrogen and oxygen atoms in total. The first-order chi connectivity index (χ1) is 10.8. The van der Waals surface area contributed by atoms with E-state index in [0.29, 0.717) is 43.7 Å². The lowest BCUT2D eigenvalue weighted by Gasteiger charge is -2.34. The first-order valence-electron chi connectivity index (χ1n) is 8.09. The quantitative estimate of drug-likeness (QED) is 0.808. The molecule has 0 radical (unpaired) electrons. The Hall–Kier alpha value is -1.95. The van der Waals surface area contributed by atoms with Crippen LogP contribution < -0.4 is 10.9 Å². The first-order valence-corrected chi connectivity index (χ1v) is 8.09. The summed E-state index contributed by atoms with van der Waals surface area (Å²) in [5, 5.41) is 3.22. The standard InChI is InChI=1S/C17H23N3O3/c1-10-9-18-4-5-20(10)16(23)12-6-11-13(19-15(12)22)7-17(2,3)8-14(11)21/h6,10,18H,4-5,7-9H2,1-3H3,(H,19,22). The summed E-state index contributed by atoms with van der Waals surface area (Å²) in [5.74, 6) is -0.296. The van der Waals surface area contributed by atoms with Crippen molar-refractivity contribution in [3.05, 3.63) is 33.2 Å². The second kappa shape index (κ2) is 5.60. The molecule has 2 aliphatic rings. The van der Waals surface area contributed by atoms with Crippen molar-refractivity contribution in [3.8, 4) is 0 Å². The lowest BCUT2D eigenvalue weighted by molar-refractivity contribution is 0.0654. The van der Waals surface area contributed by atoms with E-state index in [-0.39, 0.29) is 28.7 Å². The van der Waals surface area contributed by atoms with E-state index in [0.717, 1.165) is 0 Å². The summed E-state index contributed by atoms with van der Waals surface area (Å²) in [6.07, 6.45) is 1.07. The maximum absolute atomic E-state index is 12.7. The van der Waals surface area contributed by atoms with Gasteiger partial charge in [-0.2, -0.15) is 0 Å². The number of hydrogen-bond donors (Lipinski definition) is 2. The van der Waals surface area contributed by atoms with Crippen molar-refractivity contribution in [1.82, 2.24) is 15.2 Å². The predicted octanol–water partition coefficient (Wildman–Crippen LogP) is 0.964. The second-order valence-electron chi connectivity index (χ2n) is 7.40. The Labute approximate surface area is 135 Å². The van der Waals surface area contributed by atoms with Gasteiger partial charge < -0.3 is 15.2 Å². The molecule has 0 aromatic carbocycles. The Morgan fingerprint density at radius 3 is 2.74 bits per heavy atom. The number of piperazine rings is 1. The van der Waals surface area contributed by atoms with Crippen molar-refractivity contribution in [2.45, 2.75) is 39.7 Å². The van der Waals surface area contributed by atoms with Crippen molar-refractivity contribution in [3.63, 3.8) is 0 Å². The summed E-state index contributed by atoms with van der Waals surface area (Å²) in [6.45, 7) is 7.96. The van der Waals surface area contributed by atoms with Gasteiger partial charge in [-0.1, -0.05) is 13.8 Å². The zero-order valence-electron chi connectivity index (χ0n) is 13.9. The van der Waals surface area contributed by atoms with Gasteiger partial charge >= 0.3 is 0 Å². The van der Waals surface area contributed by atoms with Crippen LogP contribution in [0.15, 0.2) is 10.9 Å². The summed E-state index contributed by atoms with van der Waals surface area (Å²) in [5.41, 5.74) is 0.665. The van der Waals surface area contributed by atoms with Crippen LogP contribution in [0.2, 0.25) is 0 Å². The number of rotatable bonds is 1. The molecule has 1 amide bonds. The molecule has 6 heteroatoms. The van der Waals surface area contributed by atoms with Crippen molar-refractivity contribution in [1.29, 1.82) is 0 Å². The van der Waals surface area contributed by atoms with Crippen LogP contribution in [-0.4, -0.2) is 47.3 Å². The van der Waals surface area contributed by atoms with E-state index in [1.54, 1.807) is 4.90 Å². The van der Waals surface area contributed by atoms with Crippen molar-refractivity contribution < 1.29 is 9.59 Å². The van der Waals surface area contributed by atoms with E-state index in [9.17, 15) is 14.4 Å². The number of fused-ring (bicyclic) bond motifs is 1. The number of aromatic amines is 1. The number of aromatic nitrogens is 1. The molecule has 1 fully saturated rings. The van der Waals surface area contributed by atoms with Gasteiger partial charge in [0.25, 0.3) is 11.5 Å². The number of amides is 1. The van der Waals surface area contributed by atoms with Gasteiger partial charge in [-0.25, -0.2) is 0 Å². The molecule has 0 saturated carbocycles. The van der Waals surface area contributed by atoms with E-state index in [2.05, 4.69) is 10.3 Å². The smallest absolute Gasteiger partial charge is 0.261 e. The minimum Gasteiger partial charge on any atom is -0.333 e. The minimum atomic E-state index is -0.398. The maximum atomic E-state index is 12.7. The summed E-state index contributed by atoms with van der Waals surface area (Å²) < 4.78 is 0. The van der Waals surface area contributed by atoms with E-state index >= 15 is 0 Å². The predicted molar refractivity (Wildman–Crippen MR) is 86.9 cm³/mol. The monoisotopic (exact) mass is 317 g/mol. The van der Waals surface area contributed by atoms with Gasteiger partial charge in [0.2, 0.25) is 0 Å². The molecule has 1 aromatic rings. The van der Waals surface area contributed by atoms with Crippen LogP contribution in [0.1, 0.15) is 53.6 Å². The molecule has 1 aromatic heterocycles. The molecule has 1 aliphatic heterocycles. The van der Waals surface area contributed by atoms with E-state index in [1.807, 2.05) is 20.8 Å². The molecule has 0 bridgehead atoms. The number of carbonyl (C=O) groups excluding carboxylic acids is 2. The number of nitrogens with one attached hydrogen (secondary N) is 2. The molecule has 1 unspecified atom stereocenters. The Morgan fingerprint density at radius 1 is 1.30 bits per heavy atom. The molecule has 1 aliphatic carbocycles. The molecule has 2 heterocycles. The van der Waals surface area contributed by atoms with E-state index < -0.39 is 5.56 Å². The number of Topliss-reactive ketones (excluding diaryl/α,β-unsaturated/α-hetero) is 1. The summed E-state index contributed by atoms with van der Waals surface area (Å²) in [6, 6.07) is 1.53. The van der Waals surface area contributed by atoms with Gasteiger partial charge in [-0.05, 0) is 24.8 Å². The fourth-order valence-electron chi connectivity index (χ4n) is 3.48. The Bertz CT molecular complexity index is 720. The minimum absolute atomic E-state index is 0.00471. The van der Waals surface area contributed by atoms with Crippen molar-refractivity contribution in [2.75, 3.05) is 19.6 Å². The lowest BCUT2D eigenvalue weighted by atomic mass is 9.75. The van der Waals surface area contributed by atoms with Crippen LogP contribution in [0.5, 0.6) is 0 Å². The molecule has 2 N–H and O–H groups in total. The average molecular weight is 317 g/mol. The zero-order valence-corrected chi connectivity index (χ0v) is 13.9.